The minimum Gasteiger partial charge on any atom is -0.506 e. The molecule has 0 aromatic heterocycles. The highest BCUT2D eigenvalue weighted by atomic mass is 79.9. The number of alkyl halides is 3. The third-order valence-corrected chi connectivity index (χ3v) is 2.19. The molecule has 100 valence electrons. The number of phenolic OH excluding ortho intramolecular Hbond substituents is 1. The van der Waals surface area contributed by atoms with Crippen molar-refractivity contribution < 1.29 is 28.2 Å². The zero-order valence-electron chi connectivity index (χ0n) is 9.25. The predicted octanol–water partition coefficient (Wildman–Crippen LogP) is 2.30. The molecule has 0 aliphatic heterocycles. The van der Waals surface area contributed by atoms with Gasteiger partial charge in [-0.05, 0) is 12.1 Å². The first kappa shape index (κ1) is 14.7. The molecule has 1 amide bonds. The Balaban J connectivity index is 2.96. The first-order valence-corrected chi connectivity index (χ1v) is 5.47. The number of carbonyl (C=O) groups excluding carboxylic acids is 1. The van der Waals surface area contributed by atoms with Gasteiger partial charge in [-0.3, -0.25) is 4.79 Å². The van der Waals surface area contributed by atoms with Crippen LogP contribution in [-0.2, 0) is 9.53 Å². The molecule has 0 heterocycles. The molecule has 0 aliphatic rings. The topological polar surface area (TPSA) is 67.8 Å². The number of phenols is 1. The SMILES string of the molecule is COCOc1cccc(O)c1NC(=O)C(F)(F)Br. The van der Waals surface area contributed by atoms with Crippen molar-refractivity contribution in [3.05, 3.63) is 18.2 Å². The average Bonchev–Trinajstić information content (AvgIpc) is 2.28. The fourth-order valence-electron chi connectivity index (χ4n) is 1.07. The van der Waals surface area contributed by atoms with Crippen LogP contribution in [0.3, 0.4) is 0 Å². The fraction of sp³-hybridized carbons (Fsp3) is 0.300. The Bertz CT molecular complexity index is 436. The van der Waals surface area contributed by atoms with Gasteiger partial charge >= 0.3 is 10.7 Å². The van der Waals surface area contributed by atoms with E-state index in [1.807, 2.05) is 21.2 Å². The Morgan fingerprint density at radius 3 is 2.78 bits per heavy atom. The van der Waals surface area contributed by atoms with E-state index in [1.54, 1.807) is 0 Å². The number of anilines is 1. The summed E-state index contributed by atoms with van der Waals surface area (Å²) in [6.07, 6.45) is 0. The van der Waals surface area contributed by atoms with Gasteiger partial charge in [-0.1, -0.05) is 6.07 Å². The first-order valence-electron chi connectivity index (χ1n) is 4.68. The Morgan fingerprint density at radius 1 is 1.56 bits per heavy atom. The molecule has 1 rings (SSSR count). The molecule has 0 bridgehead atoms. The summed E-state index contributed by atoms with van der Waals surface area (Å²) in [5.41, 5.74) is -0.251. The number of aromatic hydroxyl groups is 1. The molecule has 0 saturated carbocycles. The van der Waals surface area contributed by atoms with Gasteiger partial charge < -0.3 is 19.9 Å². The summed E-state index contributed by atoms with van der Waals surface area (Å²) in [4.78, 5) is 7.36. The van der Waals surface area contributed by atoms with Crippen LogP contribution in [0.4, 0.5) is 14.5 Å². The van der Waals surface area contributed by atoms with Crippen LogP contribution < -0.4 is 10.1 Å². The van der Waals surface area contributed by atoms with Crippen molar-refractivity contribution in [1.82, 2.24) is 0 Å². The van der Waals surface area contributed by atoms with Gasteiger partial charge in [0.05, 0.1) is 0 Å². The first-order chi connectivity index (χ1) is 8.36. The van der Waals surface area contributed by atoms with E-state index >= 15 is 0 Å². The smallest absolute Gasteiger partial charge is 0.378 e. The van der Waals surface area contributed by atoms with Gasteiger partial charge in [0.25, 0.3) is 0 Å². The van der Waals surface area contributed by atoms with Crippen LogP contribution in [0.2, 0.25) is 0 Å². The molecule has 5 nitrogen and oxygen atoms in total. The van der Waals surface area contributed by atoms with Crippen LogP contribution in [0.5, 0.6) is 11.5 Å². The van der Waals surface area contributed by atoms with Gasteiger partial charge in [-0.25, -0.2) is 0 Å². The highest BCUT2D eigenvalue weighted by molar-refractivity contribution is 9.10. The van der Waals surface area contributed by atoms with Gasteiger partial charge in [0.1, 0.15) is 17.2 Å². The van der Waals surface area contributed by atoms with E-state index in [-0.39, 0.29) is 18.2 Å². The number of para-hydroxylation sites is 1. The Labute approximate surface area is 110 Å². The summed E-state index contributed by atoms with van der Waals surface area (Å²) < 4.78 is 35.0. The standard InChI is InChI=1S/C10H10BrF2NO4/c1-17-5-18-7-4-2-3-6(15)8(7)14-9(16)10(11,12)13/h2-4,15H,5H2,1H3,(H,14,16). The molecular weight excluding hydrogens is 316 g/mol. The van der Waals surface area contributed by atoms with Crippen LogP contribution in [0.1, 0.15) is 0 Å². The number of benzene rings is 1. The zero-order chi connectivity index (χ0) is 13.8. The maximum atomic E-state index is 12.7. The second-order valence-corrected chi connectivity index (χ2v) is 4.15. The summed E-state index contributed by atoms with van der Waals surface area (Å²) in [6.45, 7) is -0.156. The number of amides is 1. The maximum Gasteiger partial charge on any atom is 0.378 e. The zero-order valence-corrected chi connectivity index (χ0v) is 10.8. The maximum absolute atomic E-state index is 12.7. The molecule has 0 radical (unpaired) electrons. The molecule has 0 saturated heterocycles. The lowest BCUT2D eigenvalue weighted by Gasteiger charge is -2.14. The molecule has 0 spiro atoms. The van der Waals surface area contributed by atoms with Gasteiger partial charge in [0.15, 0.2) is 6.79 Å². The van der Waals surface area contributed by atoms with Gasteiger partial charge in [-0.2, -0.15) is 8.78 Å². The van der Waals surface area contributed by atoms with Crippen LogP contribution in [0.15, 0.2) is 18.2 Å². The second kappa shape index (κ2) is 5.96. The number of hydrogen-bond acceptors (Lipinski definition) is 4. The van der Waals surface area contributed by atoms with E-state index in [4.69, 9.17) is 4.74 Å². The number of methoxy groups -OCH3 is 1. The minimum atomic E-state index is -3.74. The van der Waals surface area contributed by atoms with Crippen molar-refractivity contribution in [1.29, 1.82) is 0 Å². The molecule has 18 heavy (non-hydrogen) atoms. The normalized spacial score (nSPS) is 11.1. The van der Waals surface area contributed by atoms with Crippen molar-refractivity contribution >= 4 is 27.5 Å². The second-order valence-electron chi connectivity index (χ2n) is 3.15. The highest BCUT2D eigenvalue weighted by Crippen LogP contribution is 2.35. The number of carbonyl (C=O) groups is 1. The van der Waals surface area contributed by atoms with Crippen LogP contribution >= 0.6 is 15.9 Å². The Kier molecular flexibility index (Phi) is 4.85. The summed E-state index contributed by atoms with van der Waals surface area (Å²) in [7, 11) is 1.37. The fourth-order valence-corrected chi connectivity index (χ4v) is 1.17. The van der Waals surface area contributed by atoms with Crippen molar-refractivity contribution in [2.24, 2.45) is 0 Å². The molecule has 0 fully saturated rings. The quantitative estimate of drug-likeness (QED) is 0.495. The summed E-state index contributed by atoms with van der Waals surface area (Å²) in [5, 5.41) is 11.4. The number of rotatable bonds is 5. The van der Waals surface area contributed by atoms with Crippen LogP contribution in [0.25, 0.3) is 0 Å². The highest BCUT2D eigenvalue weighted by Gasteiger charge is 2.36. The van der Waals surface area contributed by atoms with Crippen LogP contribution in [-0.4, -0.2) is 29.7 Å². The number of ether oxygens (including phenoxy) is 2. The molecule has 1 aromatic rings. The Morgan fingerprint density at radius 2 is 2.22 bits per heavy atom. The van der Waals surface area contributed by atoms with E-state index in [9.17, 15) is 18.7 Å². The van der Waals surface area contributed by atoms with Crippen LogP contribution in [0, 0.1) is 0 Å². The number of halogens is 3. The molecule has 8 heteroatoms. The summed E-state index contributed by atoms with van der Waals surface area (Å²) in [6, 6.07) is 4.05. The Hall–Kier alpha value is -1.41. The predicted molar refractivity (Wildman–Crippen MR) is 63.1 cm³/mol. The number of nitrogens with one attached hydrogen (secondary N) is 1. The van der Waals surface area contributed by atoms with E-state index in [0.29, 0.717) is 0 Å². The van der Waals surface area contributed by atoms with Crippen molar-refractivity contribution in [3.63, 3.8) is 0 Å². The van der Waals surface area contributed by atoms with E-state index < -0.39 is 16.5 Å². The van der Waals surface area contributed by atoms with Gasteiger partial charge in [-0.15, -0.1) is 0 Å². The molecule has 0 aliphatic carbocycles. The lowest BCUT2D eigenvalue weighted by Crippen LogP contribution is -2.28. The van der Waals surface area contributed by atoms with Crippen molar-refractivity contribution in [2.45, 2.75) is 4.83 Å². The lowest BCUT2D eigenvalue weighted by atomic mass is 10.2. The summed E-state index contributed by atoms with van der Waals surface area (Å²) in [5.74, 6) is -2.00. The lowest BCUT2D eigenvalue weighted by molar-refractivity contribution is -0.128. The average molecular weight is 326 g/mol. The van der Waals surface area contributed by atoms with Gasteiger partial charge in [0.2, 0.25) is 0 Å². The van der Waals surface area contributed by atoms with Gasteiger partial charge in [0, 0.05) is 23.0 Å². The van der Waals surface area contributed by atoms with Crippen molar-refractivity contribution in [3.8, 4) is 11.5 Å². The monoisotopic (exact) mass is 325 g/mol. The third kappa shape index (κ3) is 3.81. The number of hydrogen-bond donors (Lipinski definition) is 2. The minimum absolute atomic E-state index is 0.0157. The molecule has 0 unspecified atom stereocenters. The molecular formula is C10H10BrF2NO4. The van der Waals surface area contributed by atoms with Crippen molar-refractivity contribution in [2.75, 3.05) is 19.2 Å². The molecule has 0 atom stereocenters. The van der Waals surface area contributed by atoms with E-state index in [0.717, 1.165) is 0 Å². The molecule has 1 aromatic carbocycles. The summed E-state index contributed by atoms with van der Waals surface area (Å²) >= 11 is 1.91. The molecule has 2 N–H and O–H groups in total. The largest absolute Gasteiger partial charge is 0.506 e. The van der Waals surface area contributed by atoms with E-state index in [1.165, 1.54) is 25.3 Å². The van der Waals surface area contributed by atoms with E-state index in [2.05, 4.69) is 4.74 Å². The third-order valence-electron chi connectivity index (χ3n) is 1.83.